The minimum absolute atomic E-state index is 0.0671. The lowest BCUT2D eigenvalue weighted by Crippen LogP contribution is -3.08. The number of aromatic amines is 1. The van der Waals surface area contributed by atoms with Gasteiger partial charge in [-0.05, 0) is 43.9 Å². The lowest BCUT2D eigenvalue weighted by Gasteiger charge is -2.13. The maximum absolute atomic E-state index is 12.8. The molecule has 2 aromatic heterocycles. The molecule has 1 amide bonds. The van der Waals surface area contributed by atoms with E-state index in [-0.39, 0.29) is 11.5 Å². The number of hydrogen-bond donors (Lipinski definition) is 3. The van der Waals surface area contributed by atoms with E-state index in [1.807, 2.05) is 38.2 Å². The number of hydrogen-bond acceptors (Lipinski definition) is 4. The fourth-order valence-corrected chi connectivity index (χ4v) is 4.58. The normalized spacial score (nSPS) is 13.4. The highest BCUT2D eigenvalue weighted by Gasteiger charge is 2.18. The Morgan fingerprint density at radius 1 is 1.27 bits per heavy atom. The summed E-state index contributed by atoms with van der Waals surface area (Å²) in [4.78, 5) is 35.7. The SMILES string of the molecule is CC[C@H](C)Cc1c(C)sc2nc(C[NH+](C)CC(=O)Nc3ccc(C)cc3)[nH]c(=O)c12. The fourth-order valence-electron chi connectivity index (χ4n) is 3.51. The van der Waals surface area contributed by atoms with Crippen LogP contribution in [0.4, 0.5) is 5.69 Å². The van der Waals surface area contributed by atoms with Gasteiger partial charge in [-0.1, -0.05) is 38.0 Å². The van der Waals surface area contributed by atoms with Crippen molar-refractivity contribution in [3.63, 3.8) is 0 Å². The molecule has 0 saturated heterocycles. The first-order valence-corrected chi connectivity index (χ1v) is 11.3. The predicted molar refractivity (Wildman–Crippen MR) is 123 cm³/mol. The summed E-state index contributed by atoms with van der Waals surface area (Å²) in [6.45, 7) is 9.22. The molecule has 2 atom stereocenters. The highest BCUT2D eigenvalue weighted by molar-refractivity contribution is 7.18. The number of anilines is 1. The summed E-state index contributed by atoms with van der Waals surface area (Å²) in [6.07, 6.45) is 1.98. The topological polar surface area (TPSA) is 79.3 Å². The van der Waals surface area contributed by atoms with Gasteiger partial charge in [0.05, 0.1) is 12.4 Å². The molecule has 7 heteroatoms. The molecular weight excluding hydrogens is 396 g/mol. The molecule has 0 fully saturated rings. The van der Waals surface area contributed by atoms with E-state index in [9.17, 15) is 9.59 Å². The molecule has 1 aromatic carbocycles. The van der Waals surface area contributed by atoms with E-state index in [2.05, 4.69) is 31.1 Å². The van der Waals surface area contributed by atoms with Crippen molar-refractivity contribution in [1.29, 1.82) is 0 Å². The molecular formula is C23H31N4O2S+. The Hall–Kier alpha value is -2.51. The average molecular weight is 428 g/mol. The Labute approximate surface area is 181 Å². The van der Waals surface area contributed by atoms with Gasteiger partial charge in [0.25, 0.3) is 11.5 Å². The third-order valence-electron chi connectivity index (χ3n) is 5.43. The number of quaternary nitrogens is 1. The fraction of sp³-hybridized carbons (Fsp3) is 0.435. The van der Waals surface area contributed by atoms with Gasteiger partial charge in [0.1, 0.15) is 11.4 Å². The van der Waals surface area contributed by atoms with Crippen LogP contribution in [0.3, 0.4) is 0 Å². The maximum Gasteiger partial charge on any atom is 0.279 e. The number of thiophene rings is 1. The van der Waals surface area contributed by atoms with E-state index < -0.39 is 0 Å². The van der Waals surface area contributed by atoms with Crippen LogP contribution in [-0.2, 0) is 17.8 Å². The number of rotatable bonds is 8. The van der Waals surface area contributed by atoms with Crippen LogP contribution < -0.4 is 15.8 Å². The molecule has 160 valence electrons. The number of aryl methyl sites for hydroxylation is 2. The number of carbonyl (C=O) groups is 1. The van der Waals surface area contributed by atoms with Crippen LogP contribution in [0.15, 0.2) is 29.1 Å². The van der Waals surface area contributed by atoms with Gasteiger partial charge in [-0.3, -0.25) is 9.59 Å². The molecule has 1 unspecified atom stereocenters. The maximum atomic E-state index is 12.8. The second-order valence-electron chi connectivity index (χ2n) is 8.27. The number of aromatic nitrogens is 2. The average Bonchev–Trinajstić information content (AvgIpc) is 2.98. The van der Waals surface area contributed by atoms with E-state index in [0.717, 1.165) is 44.8 Å². The van der Waals surface area contributed by atoms with Crippen molar-refractivity contribution in [1.82, 2.24) is 9.97 Å². The van der Waals surface area contributed by atoms with Gasteiger partial charge in [0, 0.05) is 10.6 Å². The van der Waals surface area contributed by atoms with E-state index >= 15 is 0 Å². The van der Waals surface area contributed by atoms with Crippen molar-refractivity contribution in [2.75, 3.05) is 18.9 Å². The first kappa shape index (κ1) is 22.2. The molecule has 0 saturated carbocycles. The third kappa shape index (κ3) is 5.34. The predicted octanol–water partition coefficient (Wildman–Crippen LogP) is 2.84. The van der Waals surface area contributed by atoms with Crippen LogP contribution in [0.5, 0.6) is 0 Å². The molecule has 0 aliphatic rings. The third-order valence-corrected chi connectivity index (χ3v) is 6.47. The van der Waals surface area contributed by atoms with Crippen molar-refractivity contribution < 1.29 is 9.69 Å². The summed E-state index contributed by atoms with van der Waals surface area (Å²) in [6, 6.07) is 7.72. The summed E-state index contributed by atoms with van der Waals surface area (Å²) in [5.74, 6) is 1.08. The van der Waals surface area contributed by atoms with Gasteiger partial charge in [0.2, 0.25) is 0 Å². The lowest BCUT2D eigenvalue weighted by atomic mass is 9.98. The smallest absolute Gasteiger partial charge is 0.279 e. The molecule has 0 radical (unpaired) electrons. The number of fused-ring (bicyclic) bond motifs is 1. The Kier molecular flexibility index (Phi) is 7.05. The monoisotopic (exact) mass is 427 g/mol. The molecule has 30 heavy (non-hydrogen) atoms. The van der Waals surface area contributed by atoms with Gasteiger partial charge < -0.3 is 15.2 Å². The van der Waals surface area contributed by atoms with Crippen LogP contribution in [0.2, 0.25) is 0 Å². The number of carbonyl (C=O) groups excluding carboxylic acids is 1. The second-order valence-corrected chi connectivity index (χ2v) is 9.48. The Bertz CT molecular complexity index is 1090. The molecule has 3 N–H and O–H groups in total. The van der Waals surface area contributed by atoms with E-state index in [4.69, 9.17) is 4.98 Å². The van der Waals surface area contributed by atoms with E-state index in [1.54, 1.807) is 11.3 Å². The van der Waals surface area contributed by atoms with Crippen molar-refractivity contribution in [3.8, 4) is 0 Å². The molecule has 0 aliphatic carbocycles. The quantitative estimate of drug-likeness (QED) is 0.517. The largest absolute Gasteiger partial charge is 0.323 e. The highest BCUT2D eigenvalue weighted by atomic mass is 32.1. The van der Waals surface area contributed by atoms with Gasteiger partial charge in [-0.15, -0.1) is 11.3 Å². The first-order valence-electron chi connectivity index (χ1n) is 10.5. The molecule has 6 nitrogen and oxygen atoms in total. The number of nitrogens with one attached hydrogen (secondary N) is 3. The number of amides is 1. The Morgan fingerprint density at radius 2 is 1.97 bits per heavy atom. The first-order chi connectivity index (χ1) is 14.3. The van der Waals surface area contributed by atoms with Crippen LogP contribution >= 0.6 is 11.3 Å². The number of likely N-dealkylation sites (N-methyl/N-ethyl adjacent to an activating group) is 1. The van der Waals surface area contributed by atoms with Crippen LogP contribution in [0.25, 0.3) is 10.2 Å². The number of H-pyrrole nitrogens is 1. The lowest BCUT2D eigenvalue weighted by molar-refractivity contribution is -0.885. The van der Waals surface area contributed by atoms with E-state index in [0.29, 0.717) is 24.8 Å². The minimum atomic E-state index is -0.0745. The van der Waals surface area contributed by atoms with Crippen LogP contribution in [0, 0.1) is 19.8 Å². The highest BCUT2D eigenvalue weighted by Crippen LogP contribution is 2.29. The zero-order valence-corrected chi connectivity index (χ0v) is 19.2. The standard InChI is InChI=1S/C23H30N4O2S/c1-6-14(2)11-18-16(4)30-23-21(18)22(29)25-19(26-23)12-27(5)13-20(28)24-17-9-7-15(3)8-10-17/h7-10,14H,6,11-13H2,1-5H3,(H,24,28)(H,25,26,29)/p+1/t14-/m0/s1. The zero-order chi connectivity index (χ0) is 21.8. The molecule has 0 bridgehead atoms. The van der Waals surface area contributed by atoms with Crippen molar-refractivity contribution in [2.45, 2.75) is 47.1 Å². The molecule has 0 aliphatic heterocycles. The van der Waals surface area contributed by atoms with Gasteiger partial charge in [-0.2, -0.15) is 0 Å². The summed E-state index contributed by atoms with van der Waals surface area (Å²) >= 11 is 1.58. The van der Waals surface area contributed by atoms with Crippen molar-refractivity contribution in [3.05, 3.63) is 56.4 Å². The number of nitrogens with zero attached hydrogens (tertiary/aromatic N) is 1. The zero-order valence-electron chi connectivity index (χ0n) is 18.4. The summed E-state index contributed by atoms with van der Waals surface area (Å²) in [5, 5.41) is 3.64. The van der Waals surface area contributed by atoms with Gasteiger partial charge in [0.15, 0.2) is 12.4 Å². The minimum Gasteiger partial charge on any atom is -0.323 e. The van der Waals surface area contributed by atoms with Crippen molar-refractivity contribution >= 4 is 33.1 Å². The van der Waals surface area contributed by atoms with Crippen LogP contribution in [0.1, 0.15) is 42.1 Å². The molecule has 3 aromatic rings. The molecule has 2 heterocycles. The van der Waals surface area contributed by atoms with Gasteiger partial charge in [-0.25, -0.2) is 4.98 Å². The van der Waals surface area contributed by atoms with E-state index in [1.165, 1.54) is 4.88 Å². The Morgan fingerprint density at radius 3 is 2.63 bits per heavy atom. The van der Waals surface area contributed by atoms with Crippen molar-refractivity contribution in [2.24, 2.45) is 5.92 Å². The summed E-state index contributed by atoms with van der Waals surface area (Å²) in [5.41, 5.74) is 2.99. The molecule has 3 rings (SSSR count). The van der Waals surface area contributed by atoms with Crippen LogP contribution in [-0.4, -0.2) is 29.5 Å². The number of benzene rings is 1. The summed E-state index contributed by atoms with van der Waals surface area (Å²) < 4.78 is 0. The van der Waals surface area contributed by atoms with Gasteiger partial charge >= 0.3 is 0 Å². The second kappa shape index (κ2) is 9.53. The summed E-state index contributed by atoms with van der Waals surface area (Å²) in [7, 11) is 1.92. The molecule has 0 spiro atoms. The Balaban J connectivity index is 1.70.